The second kappa shape index (κ2) is 8.56. The van der Waals surface area contributed by atoms with Crippen molar-refractivity contribution < 1.29 is 17.9 Å². The third-order valence-corrected chi connectivity index (χ3v) is 5.58. The lowest BCUT2D eigenvalue weighted by atomic mass is 10.2. The molecule has 0 fully saturated rings. The number of hydrogen-bond acceptors (Lipinski definition) is 6. The van der Waals surface area contributed by atoms with Crippen LogP contribution in [0.2, 0.25) is 0 Å². The van der Waals surface area contributed by atoms with Gasteiger partial charge < -0.3 is 9.47 Å². The fourth-order valence-corrected chi connectivity index (χ4v) is 4.18. The van der Waals surface area contributed by atoms with Gasteiger partial charge in [0.05, 0.1) is 37.3 Å². The smallest absolute Gasteiger partial charge is 0.265 e. The summed E-state index contributed by atoms with van der Waals surface area (Å²) in [6.45, 7) is 7.03. The van der Waals surface area contributed by atoms with E-state index >= 15 is 0 Å². The van der Waals surface area contributed by atoms with Gasteiger partial charge in [0.15, 0.2) is 11.5 Å². The van der Waals surface area contributed by atoms with Crippen LogP contribution in [-0.4, -0.2) is 41.2 Å². The maximum Gasteiger partial charge on any atom is 0.265 e. The number of nitrogens with one attached hydrogen (secondary N) is 1. The molecule has 0 aliphatic heterocycles. The Labute approximate surface area is 170 Å². The van der Waals surface area contributed by atoms with Crippen LogP contribution < -0.4 is 14.2 Å². The lowest BCUT2D eigenvalue weighted by molar-refractivity contribution is 0.287. The van der Waals surface area contributed by atoms with Crippen LogP contribution in [0.15, 0.2) is 41.7 Å². The zero-order valence-electron chi connectivity index (χ0n) is 16.9. The molecular formula is C19H25N5O4S. The molecule has 0 radical (unpaired) electrons. The highest BCUT2D eigenvalue weighted by atomic mass is 32.2. The monoisotopic (exact) mass is 419 g/mol. The van der Waals surface area contributed by atoms with E-state index in [1.807, 2.05) is 32.0 Å². The number of rotatable bonds is 9. The average molecular weight is 420 g/mol. The highest BCUT2D eigenvalue weighted by molar-refractivity contribution is 7.92. The van der Waals surface area contributed by atoms with E-state index < -0.39 is 10.0 Å². The van der Waals surface area contributed by atoms with E-state index in [1.165, 1.54) is 17.1 Å². The summed E-state index contributed by atoms with van der Waals surface area (Å²) in [6, 6.07) is 5.69. The van der Waals surface area contributed by atoms with E-state index in [2.05, 4.69) is 14.9 Å². The van der Waals surface area contributed by atoms with Gasteiger partial charge in [0.2, 0.25) is 0 Å². The first-order chi connectivity index (χ1) is 13.8. The number of aromatic nitrogens is 4. The van der Waals surface area contributed by atoms with Crippen molar-refractivity contribution in [3.8, 4) is 11.5 Å². The van der Waals surface area contributed by atoms with Gasteiger partial charge in [-0.3, -0.25) is 14.1 Å². The van der Waals surface area contributed by atoms with Crippen LogP contribution >= 0.6 is 0 Å². The maximum absolute atomic E-state index is 12.6. The van der Waals surface area contributed by atoms with Crippen LogP contribution in [0.3, 0.4) is 0 Å². The predicted octanol–water partition coefficient (Wildman–Crippen LogP) is 2.57. The number of nitrogens with zero attached hydrogens (tertiary/aromatic N) is 4. The Balaban J connectivity index is 1.75. The molecule has 0 spiro atoms. The van der Waals surface area contributed by atoms with Crippen molar-refractivity contribution in [2.24, 2.45) is 7.05 Å². The summed E-state index contributed by atoms with van der Waals surface area (Å²) < 4.78 is 42.1. The van der Waals surface area contributed by atoms with Crippen molar-refractivity contribution in [3.63, 3.8) is 0 Å². The van der Waals surface area contributed by atoms with E-state index in [0.717, 1.165) is 5.56 Å². The van der Waals surface area contributed by atoms with Crippen LogP contribution in [-0.2, 0) is 23.6 Å². The maximum atomic E-state index is 12.6. The molecule has 29 heavy (non-hydrogen) atoms. The molecule has 2 aromatic heterocycles. The van der Waals surface area contributed by atoms with Gasteiger partial charge in [0.25, 0.3) is 10.0 Å². The molecule has 0 aliphatic rings. The summed E-state index contributed by atoms with van der Waals surface area (Å²) in [6.07, 6.45) is 4.58. The number of aryl methyl sites for hydroxylation is 2. The number of benzene rings is 1. The van der Waals surface area contributed by atoms with Crippen LogP contribution in [0.5, 0.6) is 11.5 Å². The SMILES string of the molecule is CCOc1ccc(Cn2cc(NS(=O)(=O)c3cn(C)nc3C)cn2)cc1OCC. The topological polar surface area (TPSA) is 100 Å². The molecule has 2 heterocycles. The molecule has 3 rings (SSSR count). The molecule has 156 valence electrons. The summed E-state index contributed by atoms with van der Waals surface area (Å²) in [4.78, 5) is 0.139. The Morgan fingerprint density at radius 1 is 1.10 bits per heavy atom. The highest BCUT2D eigenvalue weighted by Gasteiger charge is 2.20. The van der Waals surface area contributed by atoms with Crippen LogP contribution in [0, 0.1) is 6.92 Å². The van der Waals surface area contributed by atoms with Crippen molar-refractivity contribution in [3.05, 3.63) is 48.0 Å². The van der Waals surface area contributed by atoms with Crippen LogP contribution in [0.25, 0.3) is 0 Å². The molecule has 10 heteroatoms. The van der Waals surface area contributed by atoms with Gasteiger partial charge in [0.1, 0.15) is 4.90 Å². The predicted molar refractivity (Wildman–Crippen MR) is 109 cm³/mol. The molecule has 0 amide bonds. The Bertz CT molecular complexity index is 1090. The molecular weight excluding hydrogens is 394 g/mol. The Kier molecular flexibility index (Phi) is 6.12. The summed E-state index contributed by atoms with van der Waals surface area (Å²) >= 11 is 0. The fraction of sp³-hybridized carbons (Fsp3) is 0.368. The standard InChI is InChI=1S/C19H25N5O4S/c1-5-27-17-8-7-15(9-18(17)28-6-2)11-24-12-16(10-20-24)22-29(25,26)19-13-23(4)21-14(19)3/h7-10,12-13,22H,5-6,11H2,1-4H3. The van der Waals surface area contributed by atoms with Crippen molar-refractivity contribution in [2.75, 3.05) is 17.9 Å². The minimum Gasteiger partial charge on any atom is -0.490 e. The van der Waals surface area contributed by atoms with Crippen LogP contribution in [0.1, 0.15) is 25.1 Å². The lowest BCUT2D eigenvalue weighted by Crippen LogP contribution is -2.13. The third kappa shape index (κ3) is 4.89. The zero-order valence-corrected chi connectivity index (χ0v) is 17.7. The molecule has 0 atom stereocenters. The summed E-state index contributed by atoms with van der Waals surface area (Å²) in [5.41, 5.74) is 1.77. The van der Waals surface area contributed by atoms with Crippen molar-refractivity contribution >= 4 is 15.7 Å². The van der Waals surface area contributed by atoms with E-state index in [4.69, 9.17) is 9.47 Å². The number of ether oxygens (including phenoxy) is 2. The van der Waals surface area contributed by atoms with Gasteiger partial charge in [0, 0.05) is 19.4 Å². The van der Waals surface area contributed by atoms with E-state index in [-0.39, 0.29) is 4.90 Å². The van der Waals surface area contributed by atoms with Gasteiger partial charge >= 0.3 is 0 Å². The largest absolute Gasteiger partial charge is 0.490 e. The van der Waals surface area contributed by atoms with Gasteiger partial charge in [-0.25, -0.2) is 8.42 Å². The minimum atomic E-state index is -3.73. The van der Waals surface area contributed by atoms with Gasteiger partial charge in [-0.1, -0.05) is 6.07 Å². The Morgan fingerprint density at radius 2 is 1.83 bits per heavy atom. The first kappa shape index (κ1) is 20.7. The Morgan fingerprint density at radius 3 is 2.48 bits per heavy atom. The van der Waals surface area contributed by atoms with Gasteiger partial charge in [-0.15, -0.1) is 0 Å². The zero-order chi connectivity index (χ0) is 21.0. The fourth-order valence-electron chi connectivity index (χ4n) is 2.94. The van der Waals surface area contributed by atoms with Gasteiger partial charge in [-0.05, 0) is 38.5 Å². The number of sulfonamides is 1. The number of hydrogen-bond donors (Lipinski definition) is 1. The molecule has 1 aromatic carbocycles. The highest BCUT2D eigenvalue weighted by Crippen LogP contribution is 2.29. The molecule has 0 saturated carbocycles. The van der Waals surface area contributed by atoms with Crippen molar-refractivity contribution in [1.29, 1.82) is 0 Å². The molecule has 1 N–H and O–H groups in total. The molecule has 0 unspecified atom stereocenters. The minimum absolute atomic E-state index is 0.139. The molecule has 0 saturated heterocycles. The molecule has 0 aliphatic carbocycles. The first-order valence-electron chi connectivity index (χ1n) is 9.26. The normalized spacial score (nSPS) is 11.4. The van der Waals surface area contributed by atoms with E-state index in [0.29, 0.717) is 42.6 Å². The average Bonchev–Trinajstić information content (AvgIpc) is 3.23. The van der Waals surface area contributed by atoms with E-state index in [1.54, 1.807) is 24.9 Å². The van der Waals surface area contributed by atoms with Crippen molar-refractivity contribution in [1.82, 2.24) is 19.6 Å². The summed E-state index contributed by atoms with van der Waals surface area (Å²) in [7, 11) is -2.05. The quantitative estimate of drug-likeness (QED) is 0.572. The summed E-state index contributed by atoms with van der Waals surface area (Å²) in [5.74, 6) is 1.37. The molecule has 3 aromatic rings. The second-order valence-corrected chi connectivity index (χ2v) is 8.08. The second-order valence-electron chi connectivity index (χ2n) is 6.43. The van der Waals surface area contributed by atoms with Crippen molar-refractivity contribution in [2.45, 2.75) is 32.2 Å². The first-order valence-corrected chi connectivity index (χ1v) is 10.7. The van der Waals surface area contributed by atoms with E-state index in [9.17, 15) is 8.42 Å². The molecule has 0 bridgehead atoms. The van der Waals surface area contributed by atoms with Gasteiger partial charge in [-0.2, -0.15) is 10.2 Å². The van der Waals surface area contributed by atoms with Crippen LogP contribution in [0.4, 0.5) is 5.69 Å². The number of anilines is 1. The lowest BCUT2D eigenvalue weighted by Gasteiger charge is -2.12. The molecule has 9 nitrogen and oxygen atoms in total. The summed E-state index contributed by atoms with van der Waals surface area (Å²) in [5, 5.41) is 8.33. The Hall–Kier alpha value is -3.01. The third-order valence-electron chi connectivity index (χ3n) is 4.10.